The minimum Gasteiger partial charge on any atom is -0.267 e. The van der Waals surface area contributed by atoms with Crippen LogP contribution in [0.15, 0.2) is 52.6 Å². The monoisotopic (exact) mass is 304 g/mol. The predicted octanol–water partition coefficient (Wildman–Crippen LogP) is 2.00. The standard InChI is InChI=1S/C12H9BrN4O/c13-11-5-10(7-15-8-11)12(18)17-16-6-9-1-3-14-4-2-9/h1-8H,(H,17,18). The van der Waals surface area contributed by atoms with Crippen LogP contribution in [0.4, 0.5) is 0 Å². The lowest BCUT2D eigenvalue weighted by atomic mass is 10.3. The van der Waals surface area contributed by atoms with Crippen LogP contribution >= 0.6 is 15.9 Å². The summed E-state index contributed by atoms with van der Waals surface area (Å²) in [6.07, 6.45) is 7.94. The van der Waals surface area contributed by atoms with Crippen LogP contribution in [-0.4, -0.2) is 22.1 Å². The van der Waals surface area contributed by atoms with E-state index in [1.807, 2.05) is 0 Å². The minimum atomic E-state index is -0.311. The molecule has 2 heterocycles. The van der Waals surface area contributed by atoms with Crippen LogP contribution in [0.1, 0.15) is 15.9 Å². The van der Waals surface area contributed by atoms with Gasteiger partial charge in [-0.3, -0.25) is 14.8 Å². The van der Waals surface area contributed by atoms with E-state index in [9.17, 15) is 4.79 Å². The van der Waals surface area contributed by atoms with E-state index in [1.165, 1.54) is 6.20 Å². The summed E-state index contributed by atoms with van der Waals surface area (Å²) in [6, 6.07) is 5.25. The highest BCUT2D eigenvalue weighted by molar-refractivity contribution is 9.10. The molecule has 0 aliphatic heterocycles. The maximum atomic E-state index is 11.7. The normalized spacial score (nSPS) is 10.5. The van der Waals surface area contributed by atoms with Crippen molar-refractivity contribution < 1.29 is 4.79 Å². The summed E-state index contributed by atoms with van der Waals surface area (Å²) in [7, 11) is 0. The van der Waals surface area contributed by atoms with Crippen molar-refractivity contribution in [2.75, 3.05) is 0 Å². The van der Waals surface area contributed by atoms with E-state index in [2.05, 4.69) is 36.4 Å². The van der Waals surface area contributed by atoms with Crippen molar-refractivity contribution in [1.82, 2.24) is 15.4 Å². The summed E-state index contributed by atoms with van der Waals surface area (Å²) in [5, 5.41) is 3.85. The average molecular weight is 305 g/mol. The van der Waals surface area contributed by atoms with Crippen molar-refractivity contribution in [2.24, 2.45) is 5.10 Å². The molecule has 18 heavy (non-hydrogen) atoms. The lowest BCUT2D eigenvalue weighted by molar-refractivity contribution is 0.0954. The number of nitrogens with zero attached hydrogens (tertiary/aromatic N) is 3. The largest absolute Gasteiger partial charge is 0.272 e. The maximum Gasteiger partial charge on any atom is 0.272 e. The first-order valence-electron chi connectivity index (χ1n) is 5.10. The third-order valence-electron chi connectivity index (χ3n) is 2.05. The molecule has 6 heteroatoms. The first-order chi connectivity index (χ1) is 8.75. The number of rotatable bonds is 3. The Labute approximate surface area is 112 Å². The molecule has 2 rings (SSSR count). The third-order valence-corrected chi connectivity index (χ3v) is 2.49. The molecule has 0 saturated heterocycles. The summed E-state index contributed by atoms with van der Waals surface area (Å²) in [5.74, 6) is -0.311. The van der Waals surface area contributed by atoms with Gasteiger partial charge in [-0.2, -0.15) is 5.10 Å². The van der Waals surface area contributed by atoms with E-state index in [-0.39, 0.29) is 5.91 Å². The molecule has 0 bridgehead atoms. The number of hydrazone groups is 1. The number of pyridine rings is 2. The van der Waals surface area contributed by atoms with Crippen LogP contribution in [0.5, 0.6) is 0 Å². The molecule has 1 N–H and O–H groups in total. The molecule has 2 aromatic heterocycles. The van der Waals surface area contributed by atoms with Gasteiger partial charge in [0.1, 0.15) is 0 Å². The molecule has 0 fully saturated rings. The van der Waals surface area contributed by atoms with E-state index in [0.29, 0.717) is 5.56 Å². The second-order valence-corrected chi connectivity index (χ2v) is 4.29. The molecule has 90 valence electrons. The SMILES string of the molecule is O=C(NN=Cc1ccncc1)c1cncc(Br)c1. The van der Waals surface area contributed by atoms with Gasteiger partial charge in [-0.15, -0.1) is 0 Å². The second-order valence-electron chi connectivity index (χ2n) is 3.37. The fraction of sp³-hybridized carbons (Fsp3) is 0. The molecule has 1 amide bonds. The van der Waals surface area contributed by atoms with Gasteiger partial charge in [0.2, 0.25) is 0 Å². The Balaban J connectivity index is 1.99. The van der Waals surface area contributed by atoms with Gasteiger partial charge in [-0.1, -0.05) is 0 Å². The molecule has 0 aromatic carbocycles. The number of carbonyl (C=O) groups is 1. The number of aromatic nitrogens is 2. The van der Waals surface area contributed by atoms with Crippen LogP contribution < -0.4 is 5.43 Å². The molecule has 0 aliphatic rings. The fourth-order valence-corrected chi connectivity index (χ4v) is 1.58. The van der Waals surface area contributed by atoms with Crippen LogP contribution in [0.25, 0.3) is 0 Å². The number of amides is 1. The van der Waals surface area contributed by atoms with E-state index < -0.39 is 0 Å². The number of hydrogen-bond donors (Lipinski definition) is 1. The summed E-state index contributed by atoms with van der Waals surface area (Å²) in [6.45, 7) is 0. The van der Waals surface area contributed by atoms with Gasteiger partial charge in [0.05, 0.1) is 11.8 Å². The highest BCUT2D eigenvalue weighted by atomic mass is 79.9. The first kappa shape index (κ1) is 12.4. The second kappa shape index (κ2) is 6.02. The molecule has 0 aliphatic carbocycles. The predicted molar refractivity (Wildman–Crippen MR) is 71.2 cm³/mol. The van der Waals surface area contributed by atoms with Crippen molar-refractivity contribution in [3.05, 3.63) is 58.6 Å². The number of nitrogens with one attached hydrogen (secondary N) is 1. The Hall–Kier alpha value is -2.08. The van der Waals surface area contributed by atoms with Gasteiger partial charge in [-0.05, 0) is 39.7 Å². The van der Waals surface area contributed by atoms with Gasteiger partial charge >= 0.3 is 0 Å². The van der Waals surface area contributed by atoms with Crippen molar-refractivity contribution in [2.45, 2.75) is 0 Å². The van der Waals surface area contributed by atoms with E-state index in [0.717, 1.165) is 10.0 Å². The highest BCUT2D eigenvalue weighted by Gasteiger charge is 2.04. The number of hydrogen-bond acceptors (Lipinski definition) is 4. The van der Waals surface area contributed by atoms with Gasteiger partial charge in [0, 0.05) is 29.3 Å². The summed E-state index contributed by atoms with van der Waals surface area (Å²) in [4.78, 5) is 19.5. The van der Waals surface area contributed by atoms with Gasteiger partial charge in [0.15, 0.2) is 0 Å². The third kappa shape index (κ3) is 3.46. The van der Waals surface area contributed by atoms with Crippen molar-refractivity contribution >= 4 is 28.1 Å². The maximum absolute atomic E-state index is 11.7. The molecular formula is C12H9BrN4O. The molecule has 0 radical (unpaired) electrons. The van der Waals surface area contributed by atoms with Crippen molar-refractivity contribution in [1.29, 1.82) is 0 Å². The van der Waals surface area contributed by atoms with E-state index in [1.54, 1.807) is 43.0 Å². The summed E-state index contributed by atoms with van der Waals surface area (Å²) < 4.78 is 0.744. The molecule has 0 spiro atoms. The summed E-state index contributed by atoms with van der Waals surface area (Å²) >= 11 is 3.25. The zero-order valence-electron chi connectivity index (χ0n) is 9.25. The Bertz CT molecular complexity index is 571. The molecular weight excluding hydrogens is 296 g/mol. The Kier molecular flexibility index (Phi) is 4.14. The lowest BCUT2D eigenvalue weighted by Gasteiger charge is -1.99. The van der Waals surface area contributed by atoms with E-state index >= 15 is 0 Å². The van der Waals surface area contributed by atoms with Crippen LogP contribution in [0.3, 0.4) is 0 Å². The molecule has 2 aromatic rings. The molecule has 0 unspecified atom stereocenters. The lowest BCUT2D eigenvalue weighted by Crippen LogP contribution is -2.17. The molecule has 5 nitrogen and oxygen atoms in total. The average Bonchev–Trinajstić information content (AvgIpc) is 2.40. The van der Waals surface area contributed by atoms with Gasteiger partial charge in [-0.25, -0.2) is 5.43 Å². The fourth-order valence-electron chi connectivity index (χ4n) is 1.22. The highest BCUT2D eigenvalue weighted by Crippen LogP contribution is 2.09. The minimum absolute atomic E-state index is 0.311. The van der Waals surface area contributed by atoms with Crippen molar-refractivity contribution in [3.8, 4) is 0 Å². The zero-order valence-corrected chi connectivity index (χ0v) is 10.8. The van der Waals surface area contributed by atoms with Crippen molar-refractivity contribution in [3.63, 3.8) is 0 Å². The van der Waals surface area contributed by atoms with Gasteiger partial charge < -0.3 is 0 Å². The van der Waals surface area contributed by atoms with Crippen LogP contribution in [0, 0.1) is 0 Å². The molecule has 0 saturated carbocycles. The zero-order chi connectivity index (χ0) is 12.8. The van der Waals surface area contributed by atoms with Gasteiger partial charge in [0.25, 0.3) is 5.91 Å². The number of carbonyl (C=O) groups excluding carboxylic acids is 1. The number of halogens is 1. The van der Waals surface area contributed by atoms with Crippen LogP contribution in [0.2, 0.25) is 0 Å². The van der Waals surface area contributed by atoms with E-state index in [4.69, 9.17) is 0 Å². The first-order valence-corrected chi connectivity index (χ1v) is 5.89. The Morgan fingerprint density at radius 1 is 1.28 bits per heavy atom. The summed E-state index contributed by atoms with van der Waals surface area (Å²) in [5.41, 5.74) is 3.72. The Morgan fingerprint density at radius 3 is 2.78 bits per heavy atom. The Morgan fingerprint density at radius 2 is 2.06 bits per heavy atom. The topological polar surface area (TPSA) is 67.2 Å². The smallest absolute Gasteiger partial charge is 0.267 e. The molecule has 0 atom stereocenters. The quantitative estimate of drug-likeness (QED) is 0.696. The van der Waals surface area contributed by atoms with Crippen LogP contribution in [-0.2, 0) is 0 Å².